The van der Waals surface area contributed by atoms with E-state index < -0.39 is 0 Å². The molecular formula is C21H27N3O2. The standard InChI is InChI=1S/C21H27N3O2/c1-26-20-10-6-5-9-19(20)24-14-12-18(16-24)15-23-21(25)22-13-11-17-7-3-2-4-8-17/h2-10,18H,11-16H2,1H3,(H2,22,23,25). The number of urea groups is 1. The average Bonchev–Trinajstić information content (AvgIpc) is 3.16. The van der Waals surface area contributed by atoms with Gasteiger partial charge in [-0.3, -0.25) is 0 Å². The molecule has 0 saturated carbocycles. The van der Waals surface area contributed by atoms with Crippen LogP contribution in [0.25, 0.3) is 0 Å². The Bertz CT molecular complexity index is 705. The van der Waals surface area contributed by atoms with Gasteiger partial charge in [-0.1, -0.05) is 42.5 Å². The zero-order valence-electron chi connectivity index (χ0n) is 15.3. The van der Waals surface area contributed by atoms with Crippen molar-refractivity contribution in [3.05, 3.63) is 60.2 Å². The molecule has 3 rings (SSSR count). The summed E-state index contributed by atoms with van der Waals surface area (Å²) < 4.78 is 5.45. The molecule has 1 aliphatic heterocycles. The quantitative estimate of drug-likeness (QED) is 0.804. The monoisotopic (exact) mass is 353 g/mol. The predicted molar refractivity (Wildman–Crippen MR) is 105 cm³/mol. The molecule has 0 spiro atoms. The van der Waals surface area contributed by atoms with E-state index in [4.69, 9.17) is 4.74 Å². The molecule has 26 heavy (non-hydrogen) atoms. The molecule has 2 aromatic carbocycles. The molecule has 5 nitrogen and oxygen atoms in total. The fourth-order valence-electron chi connectivity index (χ4n) is 3.37. The van der Waals surface area contributed by atoms with Crippen molar-refractivity contribution >= 4 is 11.7 Å². The number of para-hydroxylation sites is 2. The summed E-state index contributed by atoms with van der Waals surface area (Å²) >= 11 is 0. The average molecular weight is 353 g/mol. The number of ether oxygens (including phenoxy) is 1. The molecule has 2 aromatic rings. The minimum Gasteiger partial charge on any atom is -0.495 e. The maximum atomic E-state index is 12.0. The van der Waals surface area contributed by atoms with Crippen molar-refractivity contribution in [2.45, 2.75) is 12.8 Å². The zero-order chi connectivity index (χ0) is 18.2. The largest absolute Gasteiger partial charge is 0.495 e. The van der Waals surface area contributed by atoms with Gasteiger partial charge in [0.15, 0.2) is 0 Å². The van der Waals surface area contributed by atoms with Gasteiger partial charge < -0.3 is 20.3 Å². The summed E-state index contributed by atoms with van der Waals surface area (Å²) in [7, 11) is 1.70. The summed E-state index contributed by atoms with van der Waals surface area (Å²) in [6.07, 6.45) is 1.92. The molecule has 1 fully saturated rings. The summed E-state index contributed by atoms with van der Waals surface area (Å²) in [6, 6.07) is 18.2. The van der Waals surface area contributed by atoms with Crippen LogP contribution in [-0.2, 0) is 6.42 Å². The molecule has 1 saturated heterocycles. The number of rotatable bonds is 7. The zero-order valence-corrected chi connectivity index (χ0v) is 15.3. The number of nitrogens with zero attached hydrogens (tertiary/aromatic N) is 1. The highest BCUT2D eigenvalue weighted by Gasteiger charge is 2.24. The topological polar surface area (TPSA) is 53.6 Å². The van der Waals surface area contributed by atoms with Crippen molar-refractivity contribution in [1.29, 1.82) is 0 Å². The summed E-state index contributed by atoms with van der Waals surface area (Å²) in [5.41, 5.74) is 2.36. The molecule has 2 amide bonds. The highest BCUT2D eigenvalue weighted by atomic mass is 16.5. The molecule has 1 atom stereocenters. The second kappa shape index (κ2) is 9.13. The molecule has 0 aromatic heterocycles. The smallest absolute Gasteiger partial charge is 0.314 e. The molecule has 138 valence electrons. The van der Waals surface area contributed by atoms with Crippen LogP contribution in [0.4, 0.5) is 10.5 Å². The number of carbonyl (C=O) groups excluding carboxylic acids is 1. The van der Waals surface area contributed by atoms with Crippen molar-refractivity contribution in [3.8, 4) is 5.75 Å². The molecule has 0 aliphatic carbocycles. The van der Waals surface area contributed by atoms with Crippen LogP contribution in [-0.4, -0.2) is 39.3 Å². The van der Waals surface area contributed by atoms with E-state index in [9.17, 15) is 4.79 Å². The Labute approximate surface area is 155 Å². The Morgan fingerprint density at radius 3 is 2.69 bits per heavy atom. The fraction of sp³-hybridized carbons (Fsp3) is 0.381. The third kappa shape index (κ3) is 4.91. The van der Waals surface area contributed by atoms with Gasteiger partial charge in [-0.05, 0) is 36.5 Å². The van der Waals surface area contributed by atoms with Crippen LogP contribution in [0, 0.1) is 5.92 Å². The molecule has 0 bridgehead atoms. The van der Waals surface area contributed by atoms with Crippen LogP contribution in [0.15, 0.2) is 54.6 Å². The van der Waals surface area contributed by atoms with E-state index in [0.717, 1.165) is 37.4 Å². The first-order chi connectivity index (χ1) is 12.8. The minimum absolute atomic E-state index is 0.0864. The van der Waals surface area contributed by atoms with E-state index in [1.165, 1.54) is 5.56 Å². The number of hydrogen-bond acceptors (Lipinski definition) is 3. The summed E-state index contributed by atoms with van der Waals surface area (Å²) in [5.74, 6) is 1.36. The molecule has 2 N–H and O–H groups in total. The predicted octanol–water partition coefficient (Wildman–Crippen LogP) is 3.06. The van der Waals surface area contributed by atoms with Gasteiger partial charge in [-0.15, -0.1) is 0 Å². The van der Waals surface area contributed by atoms with E-state index >= 15 is 0 Å². The Kier molecular flexibility index (Phi) is 6.36. The molecule has 5 heteroatoms. The minimum atomic E-state index is -0.0864. The van der Waals surface area contributed by atoms with Crippen LogP contribution < -0.4 is 20.3 Å². The highest BCUT2D eigenvalue weighted by molar-refractivity contribution is 5.73. The van der Waals surface area contributed by atoms with Crippen LogP contribution in [0.2, 0.25) is 0 Å². The van der Waals surface area contributed by atoms with Gasteiger partial charge in [-0.25, -0.2) is 4.79 Å². The molecule has 1 unspecified atom stereocenters. The van der Waals surface area contributed by atoms with Gasteiger partial charge in [0.2, 0.25) is 0 Å². The fourth-order valence-corrected chi connectivity index (χ4v) is 3.37. The number of methoxy groups -OCH3 is 1. The summed E-state index contributed by atoms with van der Waals surface area (Å²) in [5, 5.41) is 5.94. The number of amides is 2. The second-order valence-corrected chi connectivity index (χ2v) is 6.64. The molecular weight excluding hydrogens is 326 g/mol. The van der Waals surface area contributed by atoms with Gasteiger partial charge >= 0.3 is 6.03 Å². The van der Waals surface area contributed by atoms with Crippen molar-refractivity contribution in [2.24, 2.45) is 5.92 Å². The highest BCUT2D eigenvalue weighted by Crippen LogP contribution is 2.31. The maximum absolute atomic E-state index is 12.0. The van der Waals surface area contributed by atoms with Crippen LogP contribution in [0.3, 0.4) is 0 Å². The van der Waals surface area contributed by atoms with Gasteiger partial charge in [0, 0.05) is 26.2 Å². The van der Waals surface area contributed by atoms with Gasteiger partial charge in [-0.2, -0.15) is 0 Å². The summed E-state index contributed by atoms with van der Waals surface area (Å²) in [4.78, 5) is 14.3. The maximum Gasteiger partial charge on any atom is 0.314 e. The Morgan fingerprint density at radius 2 is 1.88 bits per heavy atom. The first kappa shape index (κ1) is 18.1. The lowest BCUT2D eigenvalue weighted by molar-refractivity contribution is 0.239. The summed E-state index contributed by atoms with van der Waals surface area (Å²) in [6.45, 7) is 3.27. The lowest BCUT2D eigenvalue weighted by Crippen LogP contribution is -2.39. The number of nitrogens with one attached hydrogen (secondary N) is 2. The van der Waals surface area contributed by atoms with E-state index in [-0.39, 0.29) is 6.03 Å². The van der Waals surface area contributed by atoms with Crippen molar-refractivity contribution in [2.75, 3.05) is 38.2 Å². The van der Waals surface area contributed by atoms with E-state index in [1.54, 1.807) is 7.11 Å². The van der Waals surface area contributed by atoms with Gasteiger partial charge in [0.25, 0.3) is 0 Å². The first-order valence-electron chi connectivity index (χ1n) is 9.20. The van der Waals surface area contributed by atoms with Crippen molar-refractivity contribution in [1.82, 2.24) is 10.6 Å². The number of carbonyl (C=O) groups is 1. The van der Waals surface area contributed by atoms with Crippen molar-refractivity contribution in [3.63, 3.8) is 0 Å². The van der Waals surface area contributed by atoms with Crippen LogP contribution in [0.5, 0.6) is 5.75 Å². The number of anilines is 1. The molecule has 1 heterocycles. The van der Waals surface area contributed by atoms with Gasteiger partial charge in [0.1, 0.15) is 5.75 Å². The van der Waals surface area contributed by atoms with E-state index in [0.29, 0.717) is 19.0 Å². The van der Waals surface area contributed by atoms with Crippen molar-refractivity contribution < 1.29 is 9.53 Å². The van der Waals surface area contributed by atoms with Crippen LogP contribution >= 0.6 is 0 Å². The Hall–Kier alpha value is -2.69. The number of benzene rings is 2. The first-order valence-corrected chi connectivity index (χ1v) is 9.20. The molecule has 1 aliphatic rings. The Morgan fingerprint density at radius 1 is 1.12 bits per heavy atom. The third-order valence-electron chi connectivity index (χ3n) is 4.81. The normalized spacial score (nSPS) is 16.3. The SMILES string of the molecule is COc1ccccc1N1CCC(CNC(=O)NCCc2ccccc2)C1. The Balaban J connectivity index is 1.38. The van der Waals surface area contributed by atoms with E-state index in [1.807, 2.05) is 36.4 Å². The second-order valence-electron chi connectivity index (χ2n) is 6.64. The third-order valence-corrected chi connectivity index (χ3v) is 4.81. The van der Waals surface area contributed by atoms with Crippen LogP contribution in [0.1, 0.15) is 12.0 Å². The molecule has 0 radical (unpaired) electrons. The number of hydrogen-bond donors (Lipinski definition) is 2. The lowest BCUT2D eigenvalue weighted by atomic mass is 10.1. The van der Waals surface area contributed by atoms with E-state index in [2.05, 4.69) is 33.7 Å². The lowest BCUT2D eigenvalue weighted by Gasteiger charge is -2.21. The van der Waals surface area contributed by atoms with Gasteiger partial charge in [0.05, 0.1) is 12.8 Å².